The predicted molar refractivity (Wildman–Crippen MR) is 93.3 cm³/mol. The van der Waals surface area contributed by atoms with E-state index in [0.29, 0.717) is 29.4 Å². The van der Waals surface area contributed by atoms with E-state index in [2.05, 4.69) is 11.4 Å². The van der Waals surface area contributed by atoms with Crippen molar-refractivity contribution in [3.8, 4) is 17.2 Å². The number of likely N-dealkylation sites (tertiary alicyclic amines) is 1. The van der Waals surface area contributed by atoms with Gasteiger partial charge in [-0.2, -0.15) is 0 Å². The molecule has 5 nitrogen and oxygen atoms in total. The SMILES string of the molecule is COc1cc(C(=O)N2CC[C](c3cccs3)C2)cc(OC)c1OC. The Balaban J connectivity index is 1.82. The first-order valence-electron chi connectivity index (χ1n) is 7.65. The molecule has 1 amide bonds. The monoisotopic (exact) mass is 346 g/mol. The normalized spacial score (nSPS) is 14.7. The van der Waals surface area contributed by atoms with Crippen LogP contribution >= 0.6 is 11.3 Å². The molecular weight excluding hydrogens is 326 g/mol. The maximum atomic E-state index is 12.9. The lowest BCUT2D eigenvalue weighted by Crippen LogP contribution is -2.28. The Labute approximate surface area is 145 Å². The minimum absolute atomic E-state index is 0.0270. The van der Waals surface area contributed by atoms with Crippen molar-refractivity contribution in [1.82, 2.24) is 4.90 Å². The second-order valence-corrected chi connectivity index (χ2v) is 6.42. The van der Waals surface area contributed by atoms with Crippen molar-refractivity contribution in [3.05, 3.63) is 46.0 Å². The smallest absolute Gasteiger partial charge is 0.254 e. The highest BCUT2D eigenvalue weighted by molar-refractivity contribution is 7.10. The number of benzene rings is 1. The number of ether oxygens (including phenoxy) is 3. The number of rotatable bonds is 5. The first-order valence-corrected chi connectivity index (χ1v) is 8.53. The Bertz CT molecular complexity index is 689. The summed E-state index contributed by atoms with van der Waals surface area (Å²) in [7, 11) is 4.64. The van der Waals surface area contributed by atoms with Gasteiger partial charge in [-0.1, -0.05) is 6.07 Å². The fraction of sp³-hybridized carbons (Fsp3) is 0.333. The molecule has 0 aliphatic carbocycles. The number of methoxy groups -OCH3 is 3. The molecule has 0 spiro atoms. The van der Waals surface area contributed by atoms with Crippen molar-refractivity contribution < 1.29 is 19.0 Å². The van der Waals surface area contributed by atoms with Crippen molar-refractivity contribution in [2.45, 2.75) is 6.42 Å². The van der Waals surface area contributed by atoms with Gasteiger partial charge in [0.1, 0.15) is 0 Å². The van der Waals surface area contributed by atoms with E-state index in [1.165, 1.54) is 10.8 Å². The van der Waals surface area contributed by atoms with Gasteiger partial charge >= 0.3 is 0 Å². The molecule has 1 aromatic carbocycles. The Hall–Kier alpha value is -2.21. The van der Waals surface area contributed by atoms with E-state index in [4.69, 9.17) is 14.2 Å². The average molecular weight is 346 g/mol. The predicted octanol–water partition coefficient (Wildman–Crippen LogP) is 3.24. The molecule has 1 radical (unpaired) electrons. The minimum atomic E-state index is -0.0270. The van der Waals surface area contributed by atoms with E-state index in [9.17, 15) is 4.79 Å². The zero-order valence-corrected chi connectivity index (χ0v) is 14.8. The summed E-state index contributed by atoms with van der Waals surface area (Å²) in [6.45, 7) is 1.39. The van der Waals surface area contributed by atoms with Crippen LogP contribution in [0.25, 0.3) is 0 Å². The largest absolute Gasteiger partial charge is 0.493 e. The van der Waals surface area contributed by atoms with Crippen LogP contribution in [-0.4, -0.2) is 45.2 Å². The molecular formula is C18H20NO4S. The van der Waals surface area contributed by atoms with Crippen LogP contribution in [0.3, 0.4) is 0 Å². The zero-order chi connectivity index (χ0) is 17.1. The van der Waals surface area contributed by atoms with E-state index >= 15 is 0 Å². The fourth-order valence-electron chi connectivity index (χ4n) is 2.90. The highest BCUT2D eigenvalue weighted by Crippen LogP contribution is 2.39. The van der Waals surface area contributed by atoms with Gasteiger partial charge in [0.25, 0.3) is 5.91 Å². The molecule has 0 N–H and O–H groups in total. The molecule has 24 heavy (non-hydrogen) atoms. The zero-order valence-electron chi connectivity index (χ0n) is 14.0. The Kier molecular flexibility index (Phi) is 4.94. The van der Waals surface area contributed by atoms with Crippen molar-refractivity contribution >= 4 is 17.2 Å². The summed E-state index contributed by atoms with van der Waals surface area (Å²) in [5, 5.41) is 2.06. The second-order valence-electron chi connectivity index (χ2n) is 5.47. The van der Waals surface area contributed by atoms with Crippen molar-refractivity contribution in [2.75, 3.05) is 34.4 Å². The van der Waals surface area contributed by atoms with Gasteiger partial charge in [0.15, 0.2) is 11.5 Å². The molecule has 0 atom stereocenters. The molecule has 1 aliphatic rings. The number of carbonyl (C=O) groups excluding carboxylic acids is 1. The molecule has 1 fully saturated rings. The topological polar surface area (TPSA) is 48.0 Å². The third kappa shape index (κ3) is 3.06. The molecule has 0 saturated carbocycles. The van der Waals surface area contributed by atoms with Gasteiger partial charge in [-0.15, -0.1) is 11.3 Å². The highest BCUT2D eigenvalue weighted by Gasteiger charge is 2.30. The van der Waals surface area contributed by atoms with E-state index < -0.39 is 0 Å². The fourth-order valence-corrected chi connectivity index (χ4v) is 3.69. The molecule has 2 aromatic rings. The van der Waals surface area contributed by atoms with E-state index in [0.717, 1.165) is 13.0 Å². The number of amides is 1. The summed E-state index contributed by atoms with van der Waals surface area (Å²) < 4.78 is 16.0. The van der Waals surface area contributed by atoms with Crippen LogP contribution in [0, 0.1) is 5.92 Å². The van der Waals surface area contributed by atoms with Crippen molar-refractivity contribution in [1.29, 1.82) is 0 Å². The van der Waals surface area contributed by atoms with Crippen molar-refractivity contribution in [3.63, 3.8) is 0 Å². The summed E-state index contributed by atoms with van der Waals surface area (Å²) in [6.07, 6.45) is 0.913. The maximum absolute atomic E-state index is 12.9. The van der Waals surface area contributed by atoms with Crippen LogP contribution in [0.5, 0.6) is 17.2 Å². The number of hydrogen-bond donors (Lipinski definition) is 0. The lowest BCUT2D eigenvalue weighted by atomic mass is 10.1. The third-order valence-electron chi connectivity index (χ3n) is 4.13. The van der Waals surface area contributed by atoms with Gasteiger partial charge in [-0.25, -0.2) is 0 Å². The van der Waals surface area contributed by atoms with Crippen LogP contribution in [-0.2, 0) is 0 Å². The number of nitrogens with zero attached hydrogens (tertiary/aromatic N) is 1. The molecule has 0 bridgehead atoms. The number of thiophene rings is 1. The summed E-state index contributed by atoms with van der Waals surface area (Å²) in [5.74, 6) is 2.75. The van der Waals surface area contributed by atoms with E-state index in [1.807, 2.05) is 11.0 Å². The lowest BCUT2D eigenvalue weighted by molar-refractivity contribution is 0.0794. The first kappa shape index (κ1) is 16.6. The first-order chi connectivity index (χ1) is 11.7. The maximum Gasteiger partial charge on any atom is 0.254 e. The molecule has 2 heterocycles. The Morgan fingerprint density at radius 1 is 1.12 bits per heavy atom. The molecule has 1 aromatic heterocycles. The highest BCUT2D eigenvalue weighted by atomic mass is 32.1. The molecule has 3 rings (SSSR count). The average Bonchev–Trinajstić information content (AvgIpc) is 3.30. The van der Waals surface area contributed by atoms with E-state index in [-0.39, 0.29) is 5.91 Å². The summed E-state index contributed by atoms with van der Waals surface area (Å²) >= 11 is 1.72. The van der Waals surface area contributed by atoms with Crippen LogP contribution in [0.1, 0.15) is 21.7 Å². The van der Waals surface area contributed by atoms with Crippen LogP contribution in [0.2, 0.25) is 0 Å². The summed E-state index contributed by atoms with van der Waals surface area (Å²) in [5.41, 5.74) is 0.539. The van der Waals surface area contributed by atoms with Gasteiger partial charge in [0.2, 0.25) is 5.75 Å². The van der Waals surface area contributed by atoms with Gasteiger partial charge in [0, 0.05) is 29.4 Å². The summed E-state index contributed by atoms with van der Waals surface area (Å²) in [6, 6.07) is 7.55. The second kappa shape index (κ2) is 7.13. The Morgan fingerprint density at radius 3 is 2.38 bits per heavy atom. The molecule has 1 saturated heterocycles. The molecule has 0 unspecified atom stereocenters. The van der Waals surface area contributed by atoms with Crippen LogP contribution in [0.4, 0.5) is 0 Å². The van der Waals surface area contributed by atoms with Gasteiger partial charge in [-0.3, -0.25) is 4.79 Å². The van der Waals surface area contributed by atoms with Gasteiger partial charge in [-0.05, 0) is 30.0 Å². The van der Waals surface area contributed by atoms with Crippen LogP contribution in [0.15, 0.2) is 29.6 Å². The molecule has 1 aliphatic heterocycles. The quantitative estimate of drug-likeness (QED) is 0.834. The van der Waals surface area contributed by atoms with Crippen LogP contribution < -0.4 is 14.2 Å². The lowest BCUT2D eigenvalue weighted by Gasteiger charge is -2.18. The number of carbonyl (C=O) groups is 1. The number of hydrogen-bond acceptors (Lipinski definition) is 5. The molecule has 127 valence electrons. The Morgan fingerprint density at radius 2 is 1.83 bits per heavy atom. The summed E-state index contributed by atoms with van der Waals surface area (Å²) in [4.78, 5) is 16.0. The van der Waals surface area contributed by atoms with Gasteiger partial charge in [0.05, 0.1) is 21.3 Å². The minimum Gasteiger partial charge on any atom is -0.493 e. The third-order valence-corrected chi connectivity index (χ3v) is 5.11. The van der Waals surface area contributed by atoms with E-state index in [1.54, 1.807) is 44.8 Å². The standard InChI is InChI=1S/C18H20NO4S/c1-21-14-9-13(10-15(22-2)17(14)23-3)18(20)19-7-6-12(11-19)16-5-4-8-24-16/h4-5,8-10H,6-7,11H2,1-3H3. The van der Waals surface area contributed by atoms with Crippen molar-refractivity contribution in [2.24, 2.45) is 0 Å². The van der Waals surface area contributed by atoms with Gasteiger partial charge < -0.3 is 19.1 Å². The molecule has 6 heteroatoms.